The fourth-order valence-electron chi connectivity index (χ4n) is 0.824. The highest BCUT2D eigenvalue weighted by atomic mass is 32.1. The van der Waals surface area contributed by atoms with Gasteiger partial charge >= 0.3 is 5.97 Å². The number of nitrogens with two attached hydrogens (primary N) is 1. The molecule has 1 atom stereocenters. The molecule has 0 aromatic carbocycles. The Kier molecular flexibility index (Phi) is 2.78. The predicted octanol–water partition coefficient (Wildman–Crippen LogP) is 1.36. The fraction of sp³-hybridized carbons (Fsp3) is 0.286. The Morgan fingerprint density at radius 1 is 1.83 bits per heavy atom. The van der Waals surface area contributed by atoms with Crippen molar-refractivity contribution in [3.05, 3.63) is 22.1 Å². The van der Waals surface area contributed by atoms with Gasteiger partial charge in [-0.3, -0.25) is 4.79 Å². The molecule has 0 aliphatic carbocycles. The summed E-state index contributed by atoms with van der Waals surface area (Å²) in [5.74, 6) is -0.978. The van der Waals surface area contributed by atoms with Crippen molar-refractivity contribution >= 4 is 17.3 Å². The van der Waals surface area contributed by atoms with Gasteiger partial charge in [-0.05, 0) is 17.0 Å². The van der Waals surface area contributed by atoms with E-state index in [-0.39, 0.29) is 11.6 Å². The minimum Gasteiger partial charge on any atom is -0.481 e. The molecule has 12 heavy (non-hydrogen) atoms. The fourth-order valence-corrected chi connectivity index (χ4v) is 1.52. The molecule has 0 bridgehead atoms. The number of aliphatic carboxylic acids is 1. The summed E-state index contributed by atoms with van der Waals surface area (Å²) in [6.45, 7) is 0. The van der Waals surface area contributed by atoms with Crippen LogP contribution in [0.15, 0.2) is 11.4 Å². The summed E-state index contributed by atoms with van der Waals surface area (Å²) in [5.41, 5.74) is 6.01. The van der Waals surface area contributed by atoms with Crippen molar-refractivity contribution in [2.75, 3.05) is 0 Å². The van der Waals surface area contributed by atoms with E-state index >= 15 is 0 Å². The van der Waals surface area contributed by atoms with Crippen molar-refractivity contribution in [2.24, 2.45) is 5.73 Å². The van der Waals surface area contributed by atoms with Crippen LogP contribution in [0.2, 0.25) is 0 Å². The molecule has 3 nitrogen and oxygen atoms in total. The monoisotopic (exact) mass is 189 g/mol. The molecule has 0 unspecified atom stereocenters. The number of carboxylic acid groups (broad SMARTS) is 1. The summed E-state index contributed by atoms with van der Waals surface area (Å²) in [5, 5.41) is 9.57. The highest BCUT2D eigenvalue weighted by Crippen LogP contribution is 2.19. The molecule has 3 N–H and O–H groups in total. The zero-order valence-electron chi connectivity index (χ0n) is 6.16. The van der Waals surface area contributed by atoms with Crippen LogP contribution in [0.1, 0.15) is 18.0 Å². The third-order valence-corrected chi connectivity index (χ3v) is 2.14. The lowest BCUT2D eigenvalue weighted by Crippen LogP contribution is -2.14. The van der Waals surface area contributed by atoms with E-state index in [0.29, 0.717) is 5.56 Å². The Hall–Kier alpha value is -0.940. The number of halogens is 1. The van der Waals surface area contributed by atoms with Crippen LogP contribution in [0.5, 0.6) is 0 Å². The summed E-state index contributed by atoms with van der Waals surface area (Å²) in [4.78, 5) is 10.2. The Bertz CT molecular complexity index is 287. The third-order valence-electron chi connectivity index (χ3n) is 1.41. The van der Waals surface area contributed by atoms with Crippen molar-refractivity contribution in [1.29, 1.82) is 0 Å². The average Bonchev–Trinajstić information content (AvgIpc) is 2.34. The van der Waals surface area contributed by atoms with E-state index in [1.54, 1.807) is 0 Å². The first-order valence-corrected chi connectivity index (χ1v) is 4.19. The van der Waals surface area contributed by atoms with E-state index in [1.165, 1.54) is 11.4 Å². The number of hydrogen-bond acceptors (Lipinski definition) is 3. The maximum absolute atomic E-state index is 12.4. The third kappa shape index (κ3) is 2.28. The van der Waals surface area contributed by atoms with Gasteiger partial charge in [0.15, 0.2) is 5.13 Å². The SMILES string of the molecule is N[C@@H](CC(=O)O)c1csc(F)c1. The average molecular weight is 189 g/mol. The van der Waals surface area contributed by atoms with Gasteiger partial charge in [0.25, 0.3) is 0 Å². The molecule has 5 heteroatoms. The van der Waals surface area contributed by atoms with Gasteiger partial charge in [-0.2, -0.15) is 4.39 Å². The largest absolute Gasteiger partial charge is 0.481 e. The molecule has 0 spiro atoms. The second kappa shape index (κ2) is 3.64. The number of thiophene rings is 1. The van der Waals surface area contributed by atoms with Gasteiger partial charge in [-0.25, -0.2) is 0 Å². The maximum Gasteiger partial charge on any atom is 0.305 e. The standard InChI is InChI=1S/C7H8FNO2S/c8-6-1-4(3-12-6)5(9)2-7(10)11/h1,3,5H,2,9H2,(H,10,11)/t5-/m0/s1. The molecular formula is C7H8FNO2S. The van der Waals surface area contributed by atoms with Gasteiger partial charge in [-0.1, -0.05) is 0 Å². The van der Waals surface area contributed by atoms with Crippen LogP contribution in [-0.2, 0) is 4.79 Å². The minimum absolute atomic E-state index is 0.170. The topological polar surface area (TPSA) is 63.3 Å². The van der Waals surface area contributed by atoms with Gasteiger partial charge in [0.2, 0.25) is 0 Å². The lowest BCUT2D eigenvalue weighted by Gasteiger charge is -2.04. The van der Waals surface area contributed by atoms with Gasteiger partial charge in [0, 0.05) is 6.04 Å². The molecule has 1 rings (SSSR count). The first-order valence-electron chi connectivity index (χ1n) is 3.31. The second-order valence-electron chi connectivity index (χ2n) is 2.39. The molecule has 1 aromatic heterocycles. The molecule has 0 saturated carbocycles. The Labute approximate surface area is 72.6 Å². The molecule has 0 saturated heterocycles. The zero-order chi connectivity index (χ0) is 9.14. The number of carboxylic acids is 1. The van der Waals surface area contributed by atoms with E-state index in [4.69, 9.17) is 10.8 Å². The van der Waals surface area contributed by atoms with E-state index in [1.807, 2.05) is 0 Å². The Morgan fingerprint density at radius 3 is 2.92 bits per heavy atom. The quantitative estimate of drug-likeness (QED) is 0.754. The molecule has 0 radical (unpaired) electrons. The van der Waals surface area contributed by atoms with Crippen LogP contribution in [-0.4, -0.2) is 11.1 Å². The number of hydrogen-bond donors (Lipinski definition) is 2. The molecule has 1 aromatic rings. The highest BCUT2D eigenvalue weighted by molar-refractivity contribution is 7.08. The molecule has 0 fully saturated rings. The Morgan fingerprint density at radius 2 is 2.50 bits per heavy atom. The molecule has 0 aliphatic heterocycles. The van der Waals surface area contributed by atoms with E-state index < -0.39 is 12.0 Å². The summed E-state index contributed by atoms with van der Waals surface area (Å²) in [6.07, 6.45) is -0.170. The van der Waals surface area contributed by atoms with Crippen molar-refractivity contribution < 1.29 is 14.3 Å². The molecule has 1 heterocycles. The van der Waals surface area contributed by atoms with E-state index in [9.17, 15) is 9.18 Å². The van der Waals surface area contributed by atoms with Crippen LogP contribution in [0.4, 0.5) is 4.39 Å². The summed E-state index contributed by atoms with van der Waals surface area (Å²) < 4.78 is 12.4. The number of carbonyl (C=O) groups is 1. The second-order valence-corrected chi connectivity index (χ2v) is 3.25. The smallest absolute Gasteiger partial charge is 0.305 e. The van der Waals surface area contributed by atoms with Crippen LogP contribution in [0.25, 0.3) is 0 Å². The lowest BCUT2D eigenvalue weighted by molar-refractivity contribution is -0.137. The minimum atomic E-state index is -0.978. The molecular weight excluding hydrogens is 181 g/mol. The normalized spacial score (nSPS) is 12.8. The predicted molar refractivity (Wildman–Crippen MR) is 43.5 cm³/mol. The molecule has 0 aliphatic rings. The van der Waals surface area contributed by atoms with Crippen LogP contribution >= 0.6 is 11.3 Å². The van der Waals surface area contributed by atoms with Gasteiger partial charge in [-0.15, -0.1) is 11.3 Å². The molecule has 66 valence electrons. The van der Waals surface area contributed by atoms with Gasteiger partial charge < -0.3 is 10.8 Å². The Balaban J connectivity index is 2.64. The van der Waals surface area contributed by atoms with E-state index in [0.717, 1.165) is 11.3 Å². The lowest BCUT2D eigenvalue weighted by atomic mass is 10.1. The van der Waals surface area contributed by atoms with Crippen LogP contribution < -0.4 is 5.73 Å². The van der Waals surface area contributed by atoms with Crippen LogP contribution in [0, 0.1) is 5.13 Å². The zero-order valence-corrected chi connectivity index (χ0v) is 6.97. The maximum atomic E-state index is 12.4. The summed E-state index contributed by atoms with van der Waals surface area (Å²) in [7, 11) is 0. The van der Waals surface area contributed by atoms with Crippen molar-refractivity contribution in [2.45, 2.75) is 12.5 Å². The van der Waals surface area contributed by atoms with Gasteiger partial charge in [0.1, 0.15) is 0 Å². The highest BCUT2D eigenvalue weighted by Gasteiger charge is 2.12. The molecule has 0 amide bonds. The number of rotatable bonds is 3. The summed E-state index contributed by atoms with van der Waals surface area (Å²) >= 11 is 0.920. The summed E-state index contributed by atoms with van der Waals surface area (Å²) in [6, 6.07) is 0.654. The van der Waals surface area contributed by atoms with Gasteiger partial charge in [0.05, 0.1) is 6.42 Å². The van der Waals surface area contributed by atoms with Crippen LogP contribution in [0.3, 0.4) is 0 Å². The van der Waals surface area contributed by atoms with E-state index in [2.05, 4.69) is 0 Å². The van der Waals surface area contributed by atoms with Crippen molar-refractivity contribution in [3.63, 3.8) is 0 Å². The van der Waals surface area contributed by atoms with Crippen molar-refractivity contribution in [3.8, 4) is 0 Å². The first kappa shape index (κ1) is 9.15. The van der Waals surface area contributed by atoms with Crippen molar-refractivity contribution in [1.82, 2.24) is 0 Å². The first-order chi connectivity index (χ1) is 5.59.